The Morgan fingerprint density at radius 1 is 1.22 bits per heavy atom. The maximum Gasteiger partial charge on any atom is 0.269 e. The maximum atomic E-state index is 11.1. The standard InChI is InChI=1S/C18H14N6O2S/c1-10-5-7-11(8-6-10)16-19-18-23(22-16)17-15(27-18)14(20-21-17)12-3-2-4-13(9-12)24(25)26/h2-9,14-15,20H,1H3. The van der Waals surface area contributed by atoms with E-state index >= 15 is 0 Å². The van der Waals surface area contributed by atoms with E-state index < -0.39 is 0 Å². The zero-order valence-electron chi connectivity index (χ0n) is 14.2. The van der Waals surface area contributed by atoms with E-state index in [-0.39, 0.29) is 21.9 Å². The third-order valence-corrected chi connectivity index (χ3v) is 5.86. The van der Waals surface area contributed by atoms with Crippen LogP contribution in [0.15, 0.2) is 58.8 Å². The SMILES string of the molecule is Cc1ccc(-c2nc3n(n2)C2=NNC(c4cccc([N+](=O)[O-])c4)C2S3)cc1. The van der Waals surface area contributed by atoms with Crippen molar-refractivity contribution in [2.24, 2.45) is 5.10 Å². The lowest BCUT2D eigenvalue weighted by Crippen LogP contribution is -2.24. The molecule has 1 N–H and O–H groups in total. The Morgan fingerprint density at radius 2 is 2.04 bits per heavy atom. The maximum absolute atomic E-state index is 11.1. The van der Waals surface area contributed by atoms with Crippen LogP contribution < -0.4 is 5.43 Å². The van der Waals surface area contributed by atoms with Gasteiger partial charge in [0.2, 0.25) is 0 Å². The minimum atomic E-state index is -0.386. The predicted molar refractivity (Wildman–Crippen MR) is 102 cm³/mol. The number of aryl methyl sites for hydroxylation is 1. The highest BCUT2D eigenvalue weighted by molar-refractivity contribution is 8.01. The Bertz CT molecular complexity index is 1090. The number of rotatable bonds is 3. The van der Waals surface area contributed by atoms with Crippen LogP contribution in [0, 0.1) is 17.0 Å². The fraction of sp³-hybridized carbons (Fsp3) is 0.167. The number of nitro groups is 1. The molecule has 8 nitrogen and oxygen atoms in total. The fourth-order valence-electron chi connectivity index (χ4n) is 3.25. The molecule has 1 aromatic heterocycles. The molecule has 3 heterocycles. The summed E-state index contributed by atoms with van der Waals surface area (Å²) in [4.78, 5) is 15.3. The number of nitrogens with one attached hydrogen (secondary N) is 1. The molecule has 9 heteroatoms. The fourth-order valence-corrected chi connectivity index (χ4v) is 4.46. The molecule has 0 aliphatic carbocycles. The molecule has 3 aromatic rings. The first-order valence-electron chi connectivity index (χ1n) is 8.39. The van der Waals surface area contributed by atoms with E-state index in [9.17, 15) is 10.1 Å². The number of hydrogen-bond donors (Lipinski definition) is 1. The molecule has 0 saturated carbocycles. The van der Waals surface area contributed by atoms with Gasteiger partial charge in [-0.25, -0.2) is 4.98 Å². The second kappa shape index (κ2) is 5.92. The van der Waals surface area contributed by atoms with Crippen LogP contribution in [0.1, 0.15) is 17.2 Å². The van der Waals surface area contributed by atoms with E-state index in [0.717, 1.165) is 22.1 Å². The van der Waals surface area contributed by atoms with Crippen LogP contribution in [-0.2, 0) is 0 Å². The molecular weight excluding hydrogens is 364 g/mol. The third-order valence-electron chi connectivity index (χ3n) is 4.65. The molecule has 2 aliphatic heterocycles. The molecule has 0 fully saturated rings. The quantitative estimate of drug-likeness (QED) is 0.555. The third kappa shape index (κ3) is 2.58. The van der Waals surface area contributed by atoms with E-state index in [0.29, 0.717) is 5.82 Å². The molecule has 2 atom stereocenters. The van der Waals surface area contributed by atoms with Crippen LogP contribution in [0.4, 0.5) is 5.69 Å². The van der Waals surface area contributed by atoms with Crippen molar-refractivity contribution in [3.63, 3.8) is 0 Å². The highest BCUT2D eigenvalue weighted by Gasteiger charge is 2.43. The number of thioether (sulfide) groups is 1. The van der Waals surface area contributed by atoms with Gasteiger partial charge in [-0.05, 0) is 12.5 Å². The number of benzene rings is 2. The summed E-state index contributed by atoms with van der Waals surface area (Å²) < 4.78 is 1.76. The van der Waals surface area contributed by atoms with Crippen LogP contribution in [0.25, 0.3) is 11.4 Å². The largest absolute Gasteiger partial charge is 0.299 e. The van der Waals surface area contributed by atoms with Crippen molar-refractivity contribution >= 4 is 23.3 Å². The first-order chi connectivity index (χ1) is 13.1. The number of non-ortho nitro benzene ring substituents is 1. The number of fused-ring (bicyclic) bond motifs is 3. The zero-order chi connectivity index (χ0) is 18.5. The van der Waals surface area contributed by atoms with E-state index in [1.165, 1.54) is 11.6 Å². The summed E-state index contributed by atoms with van der Waals surface area (Å²) >= 11 is 1.57. The van der Waals surface area contributed by atoms with Gasteiger partial charge in [0.15, 0.2) is 16.8 Å². The van der Waals surface area contributed by atoms with Crippen LogP contribution in [0.5, 0.6) is 0 Å². The predicted octanol–water partition coefficient (Wildman–Crippen LogP) is 3.14. The molecule has 2 aromatic carbocycles. The van der Waals surface area contributed by atoms with E-state index in [2.05, 4.69) is 20.6 Å². The Hall–Kier alpha value is -3.20. The lowest BCUT2D eigenvalue weighted by atomic mass is 10.0. The van der Waals surface area contributed by atoms with Crippen LogP contribution in [-0.4, -0.2) is 30.8 Å². The molecule has 2 unspecified atom stereocenters. The number of hydrazone groups is 1. The Morgan fingerprint density at radius 3 is 2.81 bits per heavy atom. The van der Waals surface area contributed by atoms with Gasteiger partial charge in [0, 0.05) is 17.7 Å². The Kier molecular flexibility index (Phi) is 3.51. The first kappa shape index (κ1) is 16.0. The van der Waals surface area contributed by atoms with E-state index in [1.54, 1.807) is 28.6 Å². The molecule has 134 valence electrons. The summed E-state index contributed by atoms with van der Waals surface area (Å²) in [6.45, 7) is 2.04. The van der Waals surface area contributed by atoms with Crippen molar-refractivity contribution in [2.45, 2.75) is 23.4 Å². The Balaban J connectivity index is 1.44. The molecule has 2 aliphatic rings. The average Bonchev–Trinajstić information content (AvgIpc) is 3.33. The lowest BCUT2D eigenvalue weighted by Gasteiger charge is -2.15. The van der Waals surface area contributed by atoms with Crippen molar-refractivity contribution in [3.05, 3.63) is 69.8 Å². The number of hydrogen-bond acceptors (Lipinski definition) is 7. The molecule has 0 amide bonds. The van der Waals surface area contributed by atoms with Gasteiger partial charge < -0.3 is 0 Å². The average molecular weight is 378 g/mol. The van der Waals surface area contributed by atoms with Gasteiger partial charge >= 0.3 is 0 Å². The number of nitrogens with zero attached hydrogens (tertiary/aromatic N) is 5. The minimum absolute atomic E-state index is 0.0194. The van der Waals surface area contributed by atoms with E-state index in [4.69, 9.17) is 0 Å². The van der Waals surface area contributed by atoms with Crippen LogP contribution in [0.2, 0.25) is 0 Å². The second-order valence-corrected chi connectivity index (χ2v) is 7.57. The number of aromatic nitrogens is 3. The summed E-state index contributed by atoms with van der Waals surface area (Å²) in [5, 5.41) is 20.9. The van der Waals surface area contributed by atoms with Gasteiger partial charge in [-0.1, -0.05) is 53.7 Å². The molecular formula is C18H14N6O2S. The molecule has 0 spiro atoms. The second-order valence-electron chi connectivity index (χ2n) is 6.46. The van der Waals surface area contributed by atoms with Gasteiger partial charge in [-0.3, -0.25) is 15.5 Å². The van der Waals surface area contributed by atoms with E-state index in [1.807, 2.05) is 37.3 Å². The molecule has 0 bridgehead atoms. The first-order valence-corrected chi connectivity index (χ1v) is 9.27. The van der Waals surface area contributed by atoms with Gasteiger partial charge in [0.25, 0.3) is 5.69 Å². The molecule has 27 heavy (non-hydrogen) atoms. The monoisotopic (exact) mass is 378 g/mol. The molecule has 5 rings (SSSR count). The minimum Gasteiger partial charge on any atom is -0.299 e. The van der Waals surface area contributed by atoms with Crippen LogP contribution in [0.3, 0.4) is 0 Å². The lowest BCUT2D eigenvalue weighted by molar-refractivity contribution is -0.384. The van der Waals surface area contributed by atoms with Crippen molar-refractivity contribution < 1.29 is 4.92 Å². The highest BCUT2D eigenvalue weighted by Crippen LogP contribution is 2.42. The van der Waals surface area contributed by atoms with Gasteiger partial charge in [0.05, 0.1) is 11.0 Å². The smallest absolute Gasteiger partial charge is 0.269 e. The summed E-state index contributed by atoms with van der Waals surface area (Å²) in [5.41, 5.74) is 6.13. The highest BCUT2D eigenvalue weighted by atomic mass is 32.2. The van der Waals surface area contributed by atoms with Crippen LogP contribution >= 0.6 is 11.8 Å². The normalized spacial score (nSPS) is 20.0. The van der Waals surface area contributed by atoms with Crippen molar-refractivity contribution in [2.75, 3.05) is 0 Å². The number of nitro benzene ring substituents is 1. The van der Waals surface area contributed by atoms with Crippen molar-refractivity contribution in [1.29, 1.82) is 0 Å². The topological polar surface area (TPSA) is 98.2 Å². The van der Waals surface area contributed by atoms with Gasteiger partial charge in [-0.2, -0.15) is 9.78 Å². The zero-order valence-corrected chi connectivity index (χ0v) is 15.1. The summed E-state index contributed by atoms with van der Waals surface area (Å²) in [7, 11) is 0. The van der Waals surface area contributed by atoms with Gasteiger partial charge in [-0.15, -0.1) is 5.10 Å². The molecule has 0 radical (unpaired) electrons. The Labute approximate surface area is 158 Å². The van der Waals surface area contributed by atoms with Crippen molar-refractivity contribution in [1.82, 2.24) is 20.2 Å². The molecule has 0 saturated heterocycles. The van der Waals surface area contributed by atoms with Crippen molar-refractivity contribution in [3.8, 4) is 11.4 Å². The summed E-state index contributed by atoms with van der Waals surface area (Å²) in [5.74, 6) is 1.44. The summed E-state index contributed by atoms with van der Waals surface area (Å²) in [6.07, 6.45) is 0. The van der Waals surface area contributed by atoms with Gasteiger partial charge in [0.1, 0.15) is 5.25 Å². The summed E-state index contributed by atoms with van der Waals surface area (Å²) in [6, 6.07) is 14.6.